The van der Waals surface area contributed by atoms with E-state index in [9.17, 15) is 13.2 Å². The molecule has 0 saturated carbocycles. The van der Waals surface area contributed by atoms with Crippen LogP contribution in [0.25, 0.3) is 0 Å². The number of carbonyl (C=O) groups is 1. The van der Waals surface area contributed by atoms with E-state index in [2.05, 4.69) is 19.9 Å². The minimum atomic E-state index is -3.73. The molecule has 0 aliphatic rings. The first kappa shape index (κ1) is 15.1. The van der Waals surface area contributed by atoms with E-state index in [1.807, 2.05) is 0 Å². The number of carboxylic acid groups (broad SMARTS) is 1. The van der Waals surface area contributed by atoms with Gasteiger partial charge in [-0.1, -0.05) is 0 Å². The van der Waals surface area contributed by atoms with Crippen molar-refractivity contribution in [1.29, 1.82) is 0 Å². The summed E-state index contributed by atoms with van der Waals surface area (Å²) in [6.07, 6.45) is 4.14. The van der Waals surface area contributed by atoms with Gasteiger partial charge >= 0.3 is 5.97 Å². The molecular formula is C10H14N6O4S. The minimum Gasteiger partial charge on any atom is -0.480 e. The van der Waals surface area contributed by atoms with Gasteiger partial charge in [-0.15, -0.1) is 0 Å². The normalized spacial score (nSPS) is 11.7. The highest BCUT2D eigenvalue weighted by Crippen LogP contribution is 2.06. The molecule has 2 rings (SSSR count). The molecule has 0 spiro atoms. The van der Waals surface area contributed by atoms with Gasteiger partial charge in [0.15, 0.2) is 5.82 Å². The Kier molecular flexibility index (Phi) is 4.33. The van der Waals surface area contributed by atoms with Crippen molar-refractivity contribution in [3.63, 3.8) is 0 Å². The first-order valence-corrected chi connectivity index (χ1v) is 7.43. The van der Waals surface area contributed by atoms with E-state index in [0.717, 1.165) is 17.1 Å². The molecule has 0 aromatic carbocycles. The van der Waals surface area contributed by atoms with Gasteiger partial charge in [0.05, 0.1) is 6.20 Å². The van der Waals surface area contributed by atoms with E-state index in [0.29, 0.717) is 12.2 Å². The maximum atomic E-state index is 12.0. The van der Waals surface area contributed by atoms with Crippen LogP contribution in [-0.2, 0) is 34.8 Å². The van der Waals surface area contributed by atoms with Crippen molar-refractivity contribution in [2.45, 2.75) is 17.9 Å². The molecule has 2 N–H and O–H groups in total. The summed E-state index contributed by atoms with van der Waals surface area (Å²) in [6.45, 7) is -0.260. The molecular weight excluding hydrogens is 300 g/mol. The van der Waals surface area contributed by atoms with Crippen molar-refractivity contribution < 1.29 is 18.3 Å². The van der Waals surface area contributed by atoms with Gasteiger partial charge in [0.1, 0.15) is 17.8 Å². The van der Waals surface area contributed by atoms with Crippen molar-refractivity contribution in [2.24, 2.45) is 7.05 Å². The number of sulfonamides is 1. The standard InChI is InChI=1S/C10H14N6O4S/c1-15-7-11-9(14-15)2-3-13-21(19,20)8-4-12-16(5-8)6-10(17)18/h4-5,7,13H,2-3,6H2,1H3,(H,17,18). The fourth-order valence-electron chi connectivity index (χ4n) is 1.59. The number of aromatic nitrogens is 5. The lowest BCUT2D eigenvalue weighted by atomic mass is 10.4. The Hall–Kier alpha value is -2.27. The fraction of sp³-hybridized carbons (Fsp3) is 0.400. The topological polar surface area (TPSA) is 132 Å². The summed E-state index contributed by atoms with van der Waals surface area (Å²) in [6, 6.07) is 0. The molecule has 0 unspecified atom stereocenters. The second-order valence-electron chi connectivity index (χ2n) is 4.25. The number of aliphatic carboxylic acids is 1. The number of aryl methyl sites for hydroxylation is 1. The Balaban J connectivity index is 1.94. The van der Waals surface area contributed by atoms with E-state index in [1.165, 1.54) is 11.0 Å². The molecule has 0 radical (unpaired) electrons. The first-order valence-electron chi connectivity index (χ1n) is 5.95. The summed E-state index contributed by atoms with van der Waals surface area (Å²) in [5, 5.41) is 16.3. The van der Waals surface area contributed by atoms with Crippen LogP contribution in [-0.4, -0.2) is 50.6 Å². The maximum Gasteiger partial charge on any atom is 0.325 e. The van der Waals surface area contributed by atoms with Gasteiger partial charge in [-0.25, -0.2) is 18.1 Å². The zero-order valence-corrected chi connectivity index (χ0v) is 12.0. The molecule has 0 fully saturated rings. The lowest BCUT2D eigenvalue weighted by Gasteiger charge is -2.02. The average molecular weight is 314 g/mol. The third-order valence-corrected chi connectivity index (χ3v) is 3.92. The third-order valence-electron chi connectivity index (χ3n) is 2.50. The van der Waals surface area contributed by atoms with Crippen LogP contribution in [0, 0.1) is 0 Å². The SMILES string of the molecule is Cn1cnc(CCNS(=O)(=O)c2cnn(CC(=O)O)c2)n1. The highest BCUT2D eigenvalue weighted by atomic mass is 32.2. The van der Waals surface area contributed by atoms with Crippen LogP contribution in [0.2, 0.25) is 0 Å². The minimum absolute atomic E-state index is 0.0854. The van der Waals surface area contributed by atoms with Crippen LogP contribution in [0.1, 0.15) is 5.82 Å². The van der Waals surface area contributed by atoms with Crippen LogP contribution < -0.4 is 4.72 Å². The van der Waals surface area contributed by atoms with Crippen LogP contribution in [0.4, 0.5) is 0 Å². The number of hydrogen-bond acceptors (Lipinski definition) is 6. The average Bonchev–Trinajstić information content (AvgIpc) is 2.98. The Morgan fingerprint density at radius 2 is 2.24 bits per heavy atom. The second-order valence-corrected chi connectivity index (χ2v) is 6.02. The van der Waals surface area contributed by atoms with Crippen molar-refractivity contribution in [2.75, 3.05) is 6.54 Å². The summed E-state index contributed by atoms with van der Waals surface area (Å²) in [5.74, 6) is -0.571. The molecule has 0 aliphatic carbocycles. The largest absolute Gasteiger partial charge is 0.480 e. The summed E-state index contributed by atoms with van der Waals surface area (Å²) >= 11 is 0. The predicted octanol–water partition coefficient (Wildman–Crippen LogP) is -1.38. The third kappa shape index (κ3) is 4.10. The van der Waals surface area contributed by atoms with Crippen molar-refractivity contribution in [3.05, 3.63) is 24.5 Å². The Bertz CT molecular complexity index is 734. The van der Waals surface area contributed by atoms with Crippen LogP contribution in [0.15, 0.2) is 23.6 Å². The Labute approximate surface area is 120 Å². The highest BCUT2D eigenvalue weighted by Gasteiger charge is 2.16. The smallest absolute Gasteiger partial charge is 0.325 e. The van der Waals surface area contributed by atoms with E-state index in [1.54, 1.807) is 7.05 Å². The van der Waals surface area contributed by atoms with Crippen molar-refractivity contribution in [3.8, 4) is 0 Å². The van der Waals surface area contributed by atoms with Gasteiger partial charge in [0.2, 0.25) is 10.0 Å². The molecule has 0 bridgehead atoms. The molecule has 0 aliphatic heterocycles. The van der Waals surface area contributed by atoms with Crippen LogP contribution in [0.3, 0.4) is 0 Å². The molecule has 2 heterocycles. The summed E-state index contributed by atoms with van der Waals surface area (Å²) in [7, 11) is -2.01. The Morgan fingerprint density at radius 1 is 1.48 bits per heavy atom. The van der Waals surface area contributed by atoms with E-state index < -0.39 is 22.5 Å². The van der Waals surface area contributed by atoms with Gasteiger partial charge in [0, 0.05) is 26.2 Å². The Morgan fingerprint density at radius 3 is 2.86 bits per heavy atom. The molecule has 2 aromatic heterocycles. The number of nitrogens with one attached hydrogen (secondary N) is 1. The predicted molar refractivity (Wildman–Crippen MR) is 69.8 cm³/mol. The fourth-order valence-corrected chi connectivity index (χ4v) is 2.57. The van der Waals surface area contributed by atoms with Crippen molar-refractivity contribution in [1.82, 2.24) is 29.3 Å². The van der Waals surface area contributed by atoms with E-state index in [4.69, 9.17) is 5.11 Å². The molecule has 114 valence electrons. The molecule has 0 saturated heterocycles. The molecule has 21 heavy (non-hydrogen) atoms. The summed E-state index contributed by atoms with van der Waals surface area (Å²) < 4.78 is 28.9. The molecule has 11 heteroatoms. The molecule has 0 amide bonds. The van der Waals surface area contributed by atoms with Crippen molar-refractivity contribution >= 4 is 16.0 Å². The quantitative estimate of drug-likeness (QED) is 0.643. The lowest BCUT2D eigenvalue weighted by molar-refractivity contribution is -0.137. The van der Waals surface area contributed by atoms with Crippen LogP contribution in [0.5, 0.6) is 0 Å². The first-order chi connectivity index (χ1) is 9.87. The number of carboxylic acids is 1. The van der Waals surface area contributed by atoms with E-state index >= 15 is 0 Å². The second kappa shape index (κ2) is 6.01. The van der Waals surface area contributed by atoms with Gasteiger partial charge in [-0.05, 0) is 0 Å². The van der Waals surface area contributed by atoms with E-state index in [-0.39, 0.29) is 11.4 Å². The summed E-state index contributed by atoms with van der Waals surface area (Å²) in [5.41, 5.74) is 0. The van der Waals surface area contributed by atoms with Gasteiger partial charge in [-0.3, -0.25) is 14.2 Å². The molecule has 0 atom stereocenters. The zero-order chi connectivity index (χ0) is 15.5. The van der Waals surface area contributed by atoms with Gasteiger partial charge < -0.3 is 5.11 Å². The van der Waals surface area contributed by atoms with Gasteiger partial charge in [0.25, 0.3) is 0 Å². The monoisotopic (exact) mass is 314 g/mol. The maximum absolute atomic E-state index is 12.0. The molecule has 2 aromatic rings. The summed E-state index contributed by atoms with van der Waals surface area (Å²) in [4.78, 5) is 14.4. The number of hydrogen-bond donors (Lipinski definition) is 2. The number of nitrogens with zero attached hydrogens (tertiary/aromatic N) is 5. The highest BCUT2D eigenvalue weighted by molar-refractivity contribution is 7.89. The molecule has 10 nitrogen and oxygen atoms in total. The van der Waals surface area contributed by atoms with Crippen LogP contribution >= 0.6 is 0 Å². The number of rotatable bonds is 7. The lowest BCUT2D eigenvalue weighted by Crippen LogP contribution is -2.26. The zero-order valence-electron chi connectivity index (χ0n) is 11.2. The van der Waals surface area contributed by atoms with Gasteiger partial charge in [-0.2, -0.15) is 10.2 Å².